The Hall–Kier alpha value is -2.44. The van der Waals surface area contributed by atoms with Gasteiger partial charge < -0.3 is 5.73 Å². The average Bonchev–Trinajstić information content (AvgIpc) is 2.37. The number of nitrogens with zero attached hydrogens (tertiary/aromatic N) is 1. The van der Waals surface area contributed by atoms with Gasteiger partial charge in [0.15, 0.2) is 0 Å². The van der Waals surface area contributed by atoms with Crippen LogP contribution in [-0.4, -0.2) is 10.9 Å². The molecule has 0 fully saturated rings. The molecule has 1 aromatic heterocycles. The maximum atomic E-state index is 13.2. The van der Waals surface area contributed by atoms with Crippen molar-refractivity contribution in [2.24, 2.45) is 5.73 Å². The zero-order valence-electron chi connectivity index (χ0n) is 9.91. The van der Waals surface area contributed by atoms with Crippen LogP contribution in [0.5, 0.6) is 0 Å². The zero-order valence-corrected chi connectivity index (χ0v) is 9.91. The smallest absolute Gasteiger partial charge is 0.364 e. The molecule has 2 aromatic rings. The van der Waals surface area contributed by atoms with E-state index in [1.807, 2.05) is 0 Å². The summed E-state index contributed by atoms with van der Waals surface area (Å²) in [7, 11) is 0. The number of aromatic nitrogens is 1. The minimum Gasteiger partial charge on any atom is -0.364 e. The number of hydrogen-bond donors (Lipinski definition) is 1. The zero-order chi connectivity index (χ0) is 14.9. The van der Waals surface area contributed by atoms with Crippen LogP contribution in [0.1, 0.15) is 16.1 Å². The molecule has 2 N–H and O–H groups in total. The predicted molar refractivity (Wildman–Crippen MR) is 63.2 cm³/mol. The number of carbonyl (C=O) groups excluding carboxylic acids is 1. The number of hydrogen-bond acceptors (Lipinski definition) is 2. The van der Waals surface area contributed by atoms with Crippen LogP contribution >= 0.6 is 0 Å². The molecule has 1 heterocycles. The van der Waals surface area contributed by atoms with Gasteiger partial charge in [-0.1, -0.05) is 0 Å². The Morgan fingerprint density at radius 2 is 1.85 bits per heavy atom. The Kier molecular flexibility index (Phi) is 3.44. The lowest BCUT2D eigenvalue weighted by Gasteiger charge is -2.13. The van der Waals surface area contributed by atoms with Crippen molar-refractivity contribution in [2.45, 2.75) is 6.18 Å². The van der Waals surface area contributed by atoms with Crippen molar-refractivity contribution in [2.75, 3.05) is 0 Å². The fourth-order valence-corrected chi connectivity index (χ4v) is 1.74. The molecule has 0 saturated heterocycles. The number of rotatable bonds is 2. The molecule has 0 unspecified atom stereocenters. The van der Waals surface area contributed by atoms with E-state index in [1.54, 1.807) is 0 Å². The summed E-state index contributed by atoms with van der Waals surface area (Å²) >= 11 is 0. The summed E-state index contributed by atoms with van der Waals surface area (Å²) in [6.07, 6.45) is -3.50. The van der Waals surface area contributed by atoms with Gasteiger partial charge in [0.1, 0.15) is 11.5 Å². The second-order valence-corrected chi connectivity index (χ2v) is 3.98. The van der Waals surface area contributed by atoms with Crippen molar-refractivity contribution < 1.29 is 22.4 Å². The highest BCUT2D eigenvalue weighted by atomic mass is 19.4. The molecule has 2 rings (SSSR count). The summed E-state index contributed by atoms with van der Waals surface area (Å²) in [5.41, 5.74) is 3.46. The molecule has 7 heteroatoms. The maximum Gasteiger partial charge on any atom is 0.417 e. The molecule has 1 aromatic carbocycles. The molecule has 20 heavy (non-hydrogen) atoms. The van der Waals surface area contributed by atoms with Crippen LogP contribution in [0.15, 0.2) is 36.5 Å². The van der Waals surface area contributed by atoms with Crippen molar-refractivity contribution in [3.05, 3.63) is 53.6 Å². The van der Waals surface area contributed by atoms with E-state index in [1.165, 1.54) is 6.07 Å². The van der Waals surface area contributed by atoms with Gasteiger partial charge in [-0.15, -0.1) is 0 Å². The highest BCUT2D eigenvalue weighted by Gasteiger charge is 2.33. The van der Waals surface area contributed by atoms with Crippen LogP contribution in [0.2, 0.25) is 0 Å². The topological polar surface area (TPSA) is 56.0 Å². The minimum absolute atomic E-state index is 0.0145. The summed E-state index contributed by atoms with van der Waals surface area (Å²) in [4.78, 5) is 14.6. The van der Waals surface area contributed by atoms with Gasteiger partial charge in [0.2, 0.25) is 0 Å². The lowest BCUT2D eigenvalue weighted by Crippen LogP contribution is -2.13. The molecule has 0 bridgehead atoms. The molecule has 0 aliphatic rings. The molecule has 0 aliphatic heterocycles. The predicted octanol–water partition coefficient (Wildman–Crippen LogP) is 3.01. The average molecular weight is 284 g/mol. The monoisotopic (exact) mass is 284 g/mol. The first kappa shape index (κ1) is 14.0. The van der Waals surface area contributed by atoms with Crippen molar-refractivity contribution in [1.82, 2.24) is 4.98 Å². The molecule has 0 radical (unpaired) electrons. The van der Waals surface area contributed by atoms with Gasteiger partial charge in [-0.25, -0.2) is 4.39 Å². The van der Waals surface area contributed by atoms with Crippen LogP contribution in [0.25, 0.3) is 11.1 Å². The van der Waals surface area contributed by atoms with Gasteiger partial charge in [0, 0.05) is 6.20 Å². The largest absolute Gasteiger partial charge is 0.417 e. The lowest BCUT2D eigenvalue weighted by atomic mass is 9.99. The number of alkyl halides is 3. The van der Waals surface area contributed by atoms with Crippen LogP contribution in [0, 0.1) is 5.82 Å². The van der Waals surface area contributed by atoms with Crippen LogP contribution in [0.4, 0.5) is 17.6 Å². The van der Waals surface area contributed by atoms with Crippen LogP contribution in [-0.2, 0) is 6.18 Å². The number of halogens is 4. The summed E-state index contributed by atoms with van der Waals surface area (Å²) in [5, 5.41) is 0. The third-order valence-corrected chi connectivity index (χ3v) is 2.61. The molecular formula is C13H8F4N2O. The summed E-state index contributed by atoms with van der Waals surface area (Å²) < 4.78 is 51.9. The lowest BCUT2D eigenvalue weighted by molar-refractivity contribution is -0.137. The number of amides is 1. The summed E-state index contributed by atoms with van der Waals surface area (Å²) in [6.45, 7) is 0. The second kappa shape index (κ2) is 4.92. The highest BCUT2D eigenvalue weighted by molar-refractivity contribution is 5.92. The first-order valence-corrected chi connectivity index (χ1v) is 5.42. The van der Waals surface area contributed by atoms with E-state index >= 15 is 0 Å². The molecule has 104 valence electrons. The highest BCUT2D eigenvalue weighted by Crippen LogP contribution is 2.37. The SMILES string of the molecule is NC(=O)c1cc(-c2cc(F)ccc2C(F)(F)F)ccn1. The fraction of sp³-hybridized carbons (Fsp3) is 0.0769. The van der Waals surface area contributed by atoms with E-state index in [9.17, 15) is 22.4 Å². The van der Waals surface area contributed by atoms with Crippen molar-refractivity contribution in [3.63, 3.8) is 0 Å². The van der Waals surface area contributed by atoms with Crippen LogP contribution in [0.3, 0.4) is 0 Å². The molecule has 0 atom stereocenters. The van der Waals surface area contributed by atoms with Crippen molar-refractivity contribution in [3.8, 4) is 11.1 Å². The Balaban J connectivity index is 2.65. The molecule has 0 spiro atoms. The van der Waals surface area contributed by atoms with E-state index in [4.69, 9.17) is 5.73 Å². The number of nitrogens with two attached hydrogens (primary N) is 1. The maximum absolute atomic E-state index is 13.2. The molecular weight excluding hydrogens is 276 g/mol. The standard InChI is InChI=1S/C13H8F4N2O/c14-8-1-2-10(13(15,16)17)9(6-8)7-3-4-19-11(5-7)12(18)20/h1-6H,(H2,18,20). The first-order chi connectivity index (χ1) is 9.29. The van der Waals surface area contributed by atoms with E-state index < -0.39 is 23.5 Å². The Bertz CT molecular complexity index is 668. The molecule has 0 saturated carbocycles. The van der Waals surface area contributed by atoms with Gasteiger partial charge in [-0.05, 0) is 41.5 Å². The van der Waals surface area contributed by atoms with E-state index in [2.05, 4.69) is 4.98 Å². The number of primary amides is 1. The Morgan fingerprint density at radius 3 is 2.45 bits per heavy atom. The van der Waals surface area contributed by atoms with E-state index in [-0.39, 0.29) is 16.8 Å². The second-order valence-electron chi connectivity index (χ2n) is 3.98. The van der Waals surface area contributed by atoms with Gasteiger partial charge in [-0.3, -0.25) is 9.78 Å². The normalized spacial score (nSPS) is 11.4. The third-order valence-electron chi connectivity index (χ3n) is 2.61. The van der Waals surface area contributed by atoms with Gasteiger partial charge in [-0.2, -0.15) is 13.2 Å². The molecule has 0 aliphatic carbocycles. The molecule has 1 amide bonds. The van der Waals surface area contributed by atoms with Crippen LogP contribution < -0.4 is 5.73 Å². The summed E-state index contributed by atoms with van der Waals surface area (Å²) in [6, 6.07) is 4.46. The van der Waals surface area contributed by atoms with Crippen molar-refractivity contribution >= 4 is 5.91 Å². The fourth-order valence-electron chi connectivity index (χ4n) is 1.74. The Morgan fingerprint density at radius 1 is 1.15 bits per heavy atom. The van der Waals surface area contributed by atoms with E-state index in [0.717, 1.165) is 24.4 Å². The molecule has 3 nitrogen and oxygen atoms in total. The third kappa shape index (κ3) is 2.76. The van der Waals surface area contributed by atoms with Gasteiger partial charge in [0.05, 0.1) is 5.56 Å². The number of benzene rings is 1. The van der Waals surface area contributed by atoms with Gasteiger partial charge in [0.25, 0.3) is 5.91 Å². The van der Waals surface area contributed by atoms with E-state index in [0.29, 0.717) is 6.07 Å². The quantitative estimate of drug-likeness (QED) is 0.862. The Labute approximate surface area is 111 Å². The van der Waals surface area contributed by atoms with Gasteiger partial charge >= 0.3 is 6.18 Å². The summed E-state index contributed by atoms with van der Waals surface area (Å²) in [5.74, 6) is -1.69. The first-order valence-electron chi connectivity index (χ1n) is 5.42. The minimum atomic E-state index is -4.64. The number of pyridine rings is 1. The van der Waals surface area contributed by atoms with Crippen molar-refractivity contribution in [1.29, 1.82) is 0 Å². The number of carbonyl (C=O) groups is 1.